The van der Waals surface area contributed by atoms with E-state index in [2.05, 4.69) is 44.2 Å². The summed E-state index contributed by atoms with van der Waals surface area (Å²) < 4.78 is 5.44. The zero-order valence-electron chi connectivity index (χ0n) is 9.95. The van der Waals surface area contributed by atoms with Crippen molar-refractivity contribution in [1.82, 2.24) is 0 Å². The van der Waals surface area contributed by atoms with Crippen molar-refractivity contribution in [2.45, 2.75) is 25.7 Å². The second-order valence-electron chi connectivity index (χ2n) is 4.70. The van der Waals surface area contributed by atoms with Crippen molar-refractivity contribution in [1.29, 1.82) is 0 Å². The molecule has 0 radical (unpaired) electrons. The summed E-state index contributed by atoms with van der Waals surface area (Å²) in [6.07, 6.45) is 0. The maximum Gasteiger partial charge on any atom is 0.126 e. The van der Waals surface area contributed by atoms with Crippen molar-refractivity contribution in [2.75, 3.05) is 7.11 Å². The van der Waals surface area contributed by atoms with Crippen LogP contribution >= 0.6 is 0 Å². The van der Waals surface area contributed by atoms with Gasteiger partial charge in [0.15, 0.2) is 0 Å². The average molecular weight is 212 g/mol. The van der Waals surface area contributed by atoms with Gasteiger partial charge in [-0.3, -0.25) is 0 Å². The summed E-state index contributed by atoms with van der Waals surface area (Å²) in [6.45, 7) is 4.62. The summed E-state index contributed by atoms with van der Waals surface area (Å²) in [5, 5.41) is 2.68. The van der Waals surface area contributed by atoms with E-state index in [1.165, 1.54) is 21.9 Å². The van der Waals surface area contributed by atoms with Crippen LogP contribution in [0.2, 0.25) is 0 Å². The van der Waals surface area contributed by atoms with Gasteiger partial charge in [0.1, 0.15) is 5.75 Å². The smallest absolute Gasteiger partial charge is 0.126 e. The highest BCUT2D eigenvalue weighted by molar-refractivity contribution is 5.96. The van der Waals surface area contributed by atoms with Crippen molar-refractivity contribution in [2.24, 2.45) is 0 Å². The minimum Gasteiger partial charge on any atom is -0.496 e. The molecule has 0 fully saturated rings. The first kappa shape index (κ1) is 9.71. The average Bonchev–Trinajstić information content (AvgIpc) is 2.57. The van der Waals surface area contributed by atoms with E-state index in [0.717, 1.165) is 5.75 Å². The van der Waals surface area contributed by atoms with Gasteiger partial charge in [0.05, 0.1) is 7.11 Å². The molecule has 1 heteroatoms. The van der Waals surface area contributed by atoms with E-state index in [1.54, 1.807) is 7.11 Å². The maximum absolute atomic E-state index is 5.44. The van der Waals surface area contributed by atoms with Gasteiger partial charge in [0.2, 0.25) is 0 Å². The summed E-state index contributed by atoms with van der Waals surface area (Å²) in [7, 11) is 1.74. The molecule has 0 amide bonds. The molecule has 0 spiro atoms. The molecule has 82 valence electrons. The quantitative estimate of drug-likeness (QED) is 0.692. The highest BCUT2D eigenvalue weighted by atomic mass is 16.5. The Labute approximate surface area is 96.0 Å². The van der Waals surface area contributed by atoms with Crippen molar-refractivity contribution in [3.05, 3.63) is 41.5 Å². The molecule has 2 atom stereocenters. The Balaban J connectivity index is 2.44. The molecule has 0 saturated heterocycles. The lowest BCUT2D eigenvalue weighted by Crippen LogP contribution is -1.95. The van der Waals surface area contributed by atoms with Gasteiger partial charge in [-0.05, 0) is 34.4 Å². The Morgan fingerprint density at radius 3 is 2.31 bits per heavy atom. The number of ether oxygens (including phenoxy) is 1. The zero-order valence-corrected chi connectivity index (χ0v) is 9.95. The molecule has 1 aliphatic rings. The molecule has 16 heavy (non-hydrogen) atoms. The topological polar surface area (TPSA) is 9.23 Å². The second-order valence-corrected chi connectivity index (χ2v) is 4.70. The van der Waals surface area contributed by atoms with Gasteiger partial charge in [0.25, 0.3) is 0 Å². The van der Waals surface area contributed by atoms with E-state index in [9.17, 15) is 0 Å². The predicted octanol–water partition coefficient (Wildman–Crippen LogP) is 4.07. The minimum atomic E-state index is 0.616. The highest BCUT2D eigenvalue weighted by Crippen LogP contribution is 2.48. The largest absolute Gasteiger partial charge is 0.496 e. The van der Waals surface area contributed by atoms with E-state index in [4.69, 9.17) is 4.74 Å². The number of methoxy groups -OCH3 is 1. The zero-order chi connectivity index (χ0) is 11.3. The first-order valence-electron chi connectivity index (χ1n) is 5.83. The van der Waals surface area contributed by atoms with Crippen LogP contribution in [0.3, 0.4) is 0 Å². The molecule has 1 nitrogen and oxygen atoms in total. The molecule has 0 aromatic heterocycles. The van der Waals surface area contributed by atoms with E-state index >= 15 is 0 Å². The van der Waals surface area contributed by atoms with Crippen LogP contribution in [-0.2, 0) is 0 Å². The molecule has 0 aliphatic heterocycles. The van der Waals surface area contributed by atoms with Gasteiger partial charge in [0, 0.05) is 5.39 Å². The molecular weight excluding hydrogens is 196 g/mol. The minimum absolute atomic E-state index is 0.616. The number of benzene rings is 2. The van der Waals surface area contributed by atoms with Crippen LogP contribution in [0.15, 0.2) is 30.3 Å². The van der Waals surface area contributed by atoms with Gasteiger partial charge < -0.3 is 4.74 Å². The predicted molar refractivity (Wildman–Crippen MR) is 67.3 cm³/mol. The maximum atomic E-state index is 5.44. The van der Waals surface area contributed by atoms with Crippen LogP contribution in [-0.4, -0.2) is 7.11 Å². The van der Waals surface area contributed by atoms with Crippen molar-refractivity contribution in [3.63, 3.8) is 0 Å². The fraction of sp³-hybridized carbons (Fsp3) is 0.333. The summed E-state index contributed by atoms with van der Waals surface area (Å²) in [4.78, 5) is 0. The summed E-state index contributed by atoms with van der Waals surface area (Å²) in [5.41, 5.74) is 2.94. The van der Waals surface area contributed by atoms with Gasteiger partial charge in [-0.15, -0.1) is 0 Å². The molecule has 0 saturated carbocycles. The van der Waals surface area contributed by atoms with Crippen LogP contribution in [0.25, 0.3) is 10.8 Å². The summed E-state index contributed by atoms with van der Waals surface area (Å²) >= 11 is 0. The Hall–Kier alpha value is -1.50. The fourth-order valence-electron chi connectivity index (χ4n) is 2.91. The Morgan fingerprint density at radius 1 is 0.938 bits per heavy atom. The van der Waals surface area contributed by atoms with E-state index < -0.39 is 0 Å². The lowest BCUT2D eigenvalue weighted by molar-refractivity contribution is 0.419. The van der Waals surface area contributed by atoms with Crippen molar-refractivity contribution in [3.8, 4) is 5.75 Å². The van der Waals surface area contributed by atoms with E-state index in [-0.39, 0.29) is 0 Å². The molecule has 0 N–H and O–H groups in total. The number of hydrogen-bond acceptors (Lipinski definition) is 1. The van der Waals surface area contributed by atoms with Gasteiger partial charge in [-0.1, -0.05) is 38.1 Å². The van der Waals surface area contributed by atoms with Crippen LogP contribution in [0, 0.1) is 0 Å². The molecule has 2 unspecified atom stereocenters. The first-order chi connectivity index (χ1) is 7.74. The number of rotatable bonds is 1. The Kier molecular flexibility index (Phi) is 1.97. The third-order valence-corrected chi connectivity index (χ3v) is 4.02. The van der Waals surface area contributed by atoms with Crippen LogP contribution in [0.4, 0.5) is 0 Å². The standard InChI is InChI=1S/C15H16O/c1-9-10(2)12-7-8-14(16-3)13-6-4-5-11(9)15(12)13/h4-10H,1-3H3. The Bertz CT molecular complexity index is 542. The van der Waals surface area contributed by atoms with E-state index in [0.29, 0.717) is 11.8 Å². The van der Waals surface area contributed by atoms with Crippen molar-refractivity contribution >= 4 is 10.8 Å². The number of hydrogen-bond donors (Lipinski definition) is 0. The SMILES string of the molecule is COc1ccc2c3c(cccc13)C(C)C2C. The highest BCUT2D eigenvalue weighted by Gasteiger charge is 2.28. The molecule has 0 heterocycles. The fourth-order valence-corrected chi connectivity index (χ4v) is 2.91. The van der Waals surface area contributed by atoms with Gasteiger partial charge in [-0.2, -0.15) is 0 Å². The normalized spacial score (nSPS) is 22.7. The van der Waals surface area contributed by atoms with Gasteiger partial charge >= 0.3 is 0 Å². The first-order valence-corrected chi connectivity index (χ1v) is 5.83. The Morgan fingerprint density at radius 2 is 1.62 bits per heavy atom. The molecule has 2 aromatic carbocycles. The van der Waals surface area contributed by atoms with Crippen LogP contribution < -0.4 is 4.74 Å². The molecule has 1 aliphatic carbocycles. The lowest BCUT2D eigenvalue weighted by Gasteiger charge is -2.10. The second kappa shape index (κ2) is 3.24. The molecule has 3 rings (SSSR count). The molecule has 0 bridgehead atoms. The van der Waals surface area contributed by atoms with Crippen molar-refractivity contribution < 1.29 is 4.74 Å². The summed E-state index contributed by atoms with van der Waals surface area (Å²) in [6, 6.07) is 10.9. The van der Waals surface area contributed by atoms with Crippen LogP contribution in [0.5, 0.6) is 5.75 Å². The molecular formula is C15H16O. The lowest BCUT2D eigenvalue weighted by atomic mass is 9.94. The monoisotopic (exact) mass is 212 g/mol. The van der Waals surface area contributed by atoms with Gasteiger partial charge in [-0.25, -0.2) is 0 Å². The summed E-state index contributed by atoms with van der Waals surface area (Å²) in [5.74, 6) is 2.22. The third kappa shape index (κ3) is 1.06. The molecule has 2 aromatic rings. The van der Waals surface area contributed by atoms with E-state index in [1.807, 2.05) is 0 Å². The third-order valence-electron chi connectivity index (χ3n) is 4.02. The van der Waals surface area contributed by atoms with Crippen LogP contribution in [0.1, 0.15) is 36.8 Å².